The largest absolute Gasteiger partial charge is 0.480 e. The first-order valence-electron chi connectivity index (χ1n) is 5.29. The van der Waals surface area contributed by atoms with Gasteiger partial charge in [0.25, 0.3) is 0 Å². The van der Waals surface area contributed by atoms with Crippen molar-refractivity contribution in [2.75, 3.05) is 6.54 Å². The number of hydrogen-bond donors (Lipinski definition) is 3. The summed E-state index contributed by atoms with van der Waals surface area (Å²) in [5.41, 5.74) is 9.85. The molecule has 0 fully saturated rings. The van der Waals surface area contributed by atoms with Gasteiger partial charge in [-0.2, -0.15) is 0 Å². The van der Waals surface area contributed by atoms with E-state index >= 15 is 0 Å². The highest BCUT2D eigenvalue weighted by molar-refractivity contribution is 5.78. The highest BCUT2D eigenvalue weighted by atomic mass is 19.1. The maximum Gasteiger partial charge on any atom is 0.323 e. The third kappa shape index (κ3) is 6.01. The highest BCUT2D eigenvalue weighted by Gasteiger charge is 2.27. The normalized spacial score (nSPS) is 17.4. The Balaban J connectivity index is 4.43. The van der Waals surface area contributed by atoms with E-state index in [0.717, 1.165) is 0 Å². The molecule has 0 aromatic rings. The molecule has 0 heterocycles. The van der Waals surface area contributed by atoms with Gasteiger partial charge in [-0.15, -0.1) is 0 Å². The van der Waals surface area contributed by atoms with Gasteiger partial charge in [-0.05, 0) is 32.8 Å². The number of aliphatic imine (C=N–C) groups is 1. The third-order valence-electron chi connectivity index (χ3n) is 2.38. The fourth-order valence-corrected chi connectivity index (χ4v) is 1.02. The lowest BCUT2D eigenvalue weighted by molar-refractivity contribution is -0.142. The Kier molecular flexibility index (Phi) is 5.81. The number of nitrogens with two attached hydrogens (primary N) is 2. The number of halogens is 1. The van der Waals surface area contributed by atoms with Gasteiger partial charge < -0.3 is 16.6 Å². The second kappa shape index (κ2) is 6.34. The van der Waals surface area contributed by atoms with E-state index in [4.69, 9.17) is 16.6 Å². The smallest absolute Gasteiger partial charge is 0.323 e. The maximum atomic E-state index is 13.6. The summed E-state index contributed by atoms with van der Waals surface area (Å²) in [5, 5.41) is 8.77. The van der Waals surface area contributed by atoms with Crippen molar-refractivity contribution in [1.29, 1.82) is 0 Å². The number of carboxylic acid groups (broad SMARTS) is 1. The molecule has 0 aliphatic rings. The van der Waals surface area contributed by atoms with Crippen molar-refractivity contribution < 1.29 is 14.3 Å². The Morgan fingerprint density at radius 1 is 1.47 bits per heavy atom. The van der Waals surface area contributed by atoms with Crippen LogP contribution in [0.3, 0.4) is 0 Å². The van der Waals surface area contributed by atoms with E-state index < -0.39 is 11.5 Å². The minimum atomic E-state index is -1.41. The second-order valence-corrected chi connectivity index (χ2v) is 4.37. The number of carbonyl (C=O) groups is 1. The molecular formula is C11H20FN3O2. The van der Waals surface area contributed by atoms with Crippen LogP contribution in [-0.4, -0.2) is 29.0 Å². The van der Waals surface area contributed by atoms with E-state index in [1.54, 1.807) is 13.8 Å². The van der Waals surface area contributed by atoms with Gasteiger partial charge in [0.15, 0.2) is 0 Å². The molecule has 0 spiro atoms. The van der Waals surface area contributed by atoms with Crippen LogP contribution >= 0.6 is 0 Å². The SMILES string of the molecule is CC(N)=NC/C(C)=C(/F)CCC(C)(N)C(=O)O. The van der Waals surface area contributed by atoms with Crippen LogP contribution in [0.4, 0.5) is 4.39 Å². The van der Waals surface area contributed by atoms with Gasteiger partial charge in [0, 0.05) is 6.42 Å². The molecule has 0 bridgehead atoms. The van der Waals surface area contributed by atoms with E-state index in [1.807, 2.05) is 0 Å². The Labute approximate surface area is 100 Å². The van der Waals surface area contributed by atoms with Crippen molar-refractivity contribution in [3.63, 3.8) is 0 Å². The zero-order valence-electron chi connectivity index (χ0n) is 10.5. The molecule has 0 rings (SSSR count). The summed E-state index contributed by atoms with van der Waals surface area (Å²) >= 11 is 0. The molecule has 17 heavy (non-hydrogen) atoms. The molecule has 98 valence electrons. The summed E-state index contributed by atoms with van der Waals surface area (Å²) in [5.74, 6) is -1.14. The minimum absolute atomic E-state index is 0.00965. The van der Waals surface area contributed by atoms with Crippen LogP contribution in [0.5, 0.6) is 0 Å². The third-order valence-corrected chi connectivity index (χ3v) is 2.38. The number of amidine groups is 1. The van der Waals surface area contributed by atoms with Gasteiger partial charge in [-0.3, -0.25) is 9.79 Å². The molecule has 1 atom stereocenters. The summed E-state index contributed by atoms with van der Waals surface area (Å²) in [6.45, 7) is 4.76. The van der Waals surface area contributed by atoms with Crippen LogP contribution < -0.4 is 11.5 Å². The first-order chi connectivity index (χ1) is 7.66. The van der Waals surface area contributed by atoms with Crippen molar-refractivity contribution in [3.05, 3.63) is 11.4 Å². The Morgan fingerprint density at radius 2 is 2.00 bits per heavy atom. The molecular weight excluding hydrogens is 225 g/mol. The van der Waals surface area contributed by atoms with Gasteiger partial charge in [0.05, 0.1) is 12.4 Å². The standard InChI is InChI=1S/C11H20FN3O2/c1-7(6-15-8(2)13)9(12)4-5-11(3,14)10(16)17/h4-6,14H2,1-3H3,(H2,13,15)(H,16,17)/b9-7+. The zero-order valence-corrected chi connectivity index (χ0v) is 10.5. The van der Waals surface area contributed by atoms with E-state index in [1.165, 1.54) is 6.92 Å². The predicted octanol–water partition coefficient (Wildman–Crippen LogP) is 1.19. The molecule has 0 saturated carbocycles. The Hall–Kier alpha value is -1.43. The van der Waals surface area contributed by atoms with Crippen molar-refractivity contribution in [2.24, 2.45) is 16.5 Å². The average Bonchev–Trinajstić information content (AvgIpc) is 2.22. The summed E-state index contributed by atoms with van der Waals surface area (Å²) < 4.78 is 13.6. The van der Waals surface area contributed by atoms with Crippen LogP contribution in [0.2, 0.25) is 0 Å². The van der Waals surface area contributed by atoms with Crippen molar-refractivity contribution in [2.45, 2.75) is 39.2 Å². The number of carboxylic acids is 1. The van der Waals surface area contributed by atoms with Crippen LogP contribution in [-0.2, 0) is 4.79 Å². The van der Waals surface area contributed by atoms with Crippen LogP contribution in [0.25, 0.3) is 0 Å². The molecule has 5 nitrogen and oxygen atoms in total. The summed E-state index contributed by atoms with van der Waals surface area (Å²) in [4.78, 5) is 14.6. The molecule has 5 N–H and O–H groups in total. The van der Waals surface area contributed by atoms with Gasteiger partial charge in [-0.25, -0.2) is 4.39 Å². The maximum absolute atomic E-state index is 13.6. The molecule has 1 unspecified atom stereocenters. The van der Waals surface area contributed by atoms with E-state index in [-0.39, 0.29) is 25.2 Å². The number of aliphatic carboxylic acids is 1. The molecule has 0 radical (unpaired) electrons. The fourth-order valence-electron chi connectivity index (χ4n) is 1.02. The summed E-state index contributed by atoms with van der Waals surface area (Å²) in [6.07, 6.45) is 0.0289. The van der Waals surface area contributed by atoms with Crippen LogP contribution in [0.15, 0.2) is 16.4 Å². The van der Waals surface area contributed by atoms with E-state index in [0.29, 0.717) is 11.4 Å². The summed E-state index contributed by atoms with van der Waals surface area (Å²) in [7, 11) is 0. The molecule has 0 aliphatic heterocycles. The minimum Gasteiger partial charge on any atom is -0.480 e. The first kappa shape index (κ1) is 15.6. The van der Waals surface area contributed by atoms with Gasteiger partial charge in [-0.1, -0.05) is 0 Å². The topological polar surface area (TPSA) is 102 Å². The number of nitrogens with zero attached hydrogens (tertiary/aromatic N) is 1. The highest BCUT2D eigenvalue weighted by Crippen LogP contribution is 2.18. The van der Waals surface area contributed by atoms with Crippen molar-refractivity contribution in [3.8, 4) is 0 Å². The molecule has 0 saturated heterocycles. The zero-order chi connectivity index (χ0) is 13.6. The van der Waals surface area contributed by atoms with Crippen LogP contribution in [0, 0.1) is 0 Å². The fraction of sp³-hybridized carbons (Fsp3) is 0.636. The van der Waals surface area contributed by atoms with Gasteiger partial charge in [0.1, 0.15) is 11.4 Å². The van der Waals surface area contributed by atoms with Gasteiger partial charge >= 0.3 is 5.97 Å². The van der Waals surface area contributed by atoms with Crippen LogP contribution in [0.1, 0.15) is 33.6 Å². The average molecular weight is 245 g/mol. The molecule has 6 heteroatoms. The lowest BCUT2D eigenvalue weighted by Crippen LogP contribution is -2.44. The predicted molar refractivity (Wildman–Crippen MR) is 65.4 cm³/mol. The first-order valence-corrected chi connectivity index (χ1v) is 5.29. The monoisotopic (exact) mass is 245 g/mol. The van der Waals surface area contributed by atoms with E-state index in [9.17, 15) is 9.18 Å². The van der Waals surface area contributed by atoms with Crippen molar-refractivity contribution >= 4 is 11.8 Å². The molecule has 0 aromatic carbocycles. The Morgan fingerprint density at radius 3 is 2.41 bits per heavy atom. The Bertz CT molecular complexity index is 345. The quantitative estimate of drug-likeness (QED) is 0.483. The van der Waals surface area contributed by atoms with Gasteiger partial charge in [0.2, 0.25) is 0 Å². The molecule has 0 aromatic heterocycles. The second-order valence-electron chi connectivity index (χ2n) is 4.37. The lowest BCUT2D eigenvalue weighted by Gasteiger charge is -2.18. The lowest BCUT2D eigenvalue weighted by atomic mass is 9.96. The number of rotatable bonds is 6. The molecule has 0 aliphatic carbocycles. The number of allylic oxidation sites excluding steroid dienone is 1. The van der Waals surface area contributed by atoms with Crippen molar-refractivity contribution in [1.82, 2.24) is 0 Å². The van der Waals surface area contributed by atoms with E-state index in [2.05, 4.69) is 4.99 Å². The summed E-state index contributed by atoms with van der Waals surface area (Å²) in [6, 6.07) is 0. The molecule has 0 amide bonds. The number of hydrogen-bond acceptors (Lipinski definition) is 3.